The van der Waals surface area contributed by atoms with Crippen LogP contribution < -0.4 is 0 Å². The molecule has 0 heterocycles. The van der Waals surface area contributed by atoms with E-state index in [1.54, 1.807) is 0 Å². The fraction of sp³-hybridized carbons (Fsp3) is 0.182. The van der Waals surface area contributed by atoms with Gasteiger partial charge in [-0.3, -0.25) is 4.90 Å². The number of benzene rings is 3. The Bertz CT molecular complexity index is 761. The molecule has 1 nitrogen and oxygen atoms in total. The van der Waals surface area contributed by atoms with Crippen molar-refractivity contribution in [2.75, 3.05) is 6.54 Å². The van der Waals surface area contributed by atoms with Gasteiger partial charge in [-0.2, -0.15) is 0 Å². The van der Waals surface area contributed by atoms with Crippen molar-refractivity contribution >= 4 is 10.8 Å². The lowest BCUT2D eigenvalue weighted by molar-refractivity contribution is 0.262. The van der Waals surface area contributed by atoms with E-state index in [0.717, 1.165) is 26.1 Å². The van der Waals surface area contributed by atoms with Crippen LogP contribution in [0.1, 0.15) is 17.5 Å². The second-order valence-electron chi connectivity index (χ2n) is 5.96. The molecular formula is C22H23N. The molecule has 0 N–H and O–H groups in total. The van der Waals surface area contributed by atoms with Gasteiger partial charge in [-0.15, -0.1) is 6.58 Å². The summed E-state index contributed by atoms with van der Waals surface area (Å²) in [6, 6.07) is 26.0. The van der Waals surface area contributed by atoms with Crippen molar-refractivity contribution in [3.63, 3.8) is 0 Å². The molecular weight excluding hydrogens is 278 g/mol. The molecule has 3 rings (SSSR count). The third-order valence-electron chi connectivity index (χ3n) is 4.12. The topological polar surface area (TPSA) is 3.24 Å². The van der Waals surface area contributed by atoms with E-state index >= 15 is 0 Å². The van der Waals surface area contributed by atoms with Crippen LogP contribution in [0.5, 0.6) is 0 Å². The predicted octanol–water partition coefficient (Wildman–Crippen LogP) is 5.42. The highest BCUT2D eigenvalue weighted by Crippen LogP contribution is 2.18. The fourth-order valence-electron chi connectivity index (χ4n) is 2.92. The van der Waals surface area contributed by atoms with E-state index in [9.17, 15) is 0 Å². The average molecular weight is 301 g/mol. The quantitative estimate of drug-likeness (QED) is 0.527. The van der Waals surface area contributed by atoms with Crippen molar-refractivity contribution in [1.29, 1.82) is 0 Å². The summed E-state index contributed by atoms with van der Waals surface area (Å²) in [6.45, 7) is 6.83. The molecule has 0 aliphatic carbocycles. The van der Waals surface area contributed by atoms with Crippen molar-refractivity contribution in [1.82, 2.24) is 4.90 Å². The number of hydrogen-bond acceptors (Lipinski definition) is 1. The fourth-order valence-corrected chi connectivity index (χ4v) is 2.92. The molecule has 3 aromatic carbocycles. The molecule has 0 unspecified atom stereocenters. The van der Waals surface area contributed by atoms with Crippen LogP contribution in [0.25, 0.3) is 10.8 Å². The molecule has 0 aromatic heterocycles. The first kappa shape index (κ1) is 15.5. The highest BCUT2D eigenvalue weighted by molar-refractivity contribution is 5.82. The van der Waals surface area contributed by atoms with Crippen LogP contribution in [0.15, 0.2) is 85.5 Å². The lowest BCUT2D eigenvalue weighted by atomic mass is 10.1. The largest absolute Gasteiger partial charge is 0.295 e. The van der Waals surface area contributed by atoms with Gasteiger partial charge >= 0.3 is 0 Å². The Kier molecular flexibility index (Phi) is 5.23. The van der Waals surface area contributed by atoms with Crippen molar-refractivity contribution < 1.29 is 0 Å². The van der Waals surface area contributed by atoms with Crippen molar-refractivity contribution in [3.05, 3.63) is 96.6 Å². The van der Waals surface area contributed by atoms with Gasteiger partial charge in [0, 0.05) is 19.6 Å². The van der Waals surface area contributed by atoms with Gasteiger partial charge in [0.1, 0.15) is 0 Å². The van der Waals surface area contributed by atoms with Gasteiger partial charge in [-0.05, 0) is 34.4 Å². The Morgan fingerprint density at radius 2 is 1.43 bits per heavy atom. The lowest BCUT2D eigenvalue weighted by Crippen LogP contribution is -2.23. The second kappa shape index (κ2) is 7.75. The summed E-state index contributed by atoms with van der Waals surface area (Å²) in [5.74, 6) is 0. The minimum atomic E-state index is 0.966. The zero-order valence-corrected chi connectivity index (χ0v) is 13.5. The van der Waals surface area contributed by atoms with Crippen molar-refractivity contribution in [3.8, 4) is 0 Å². The smallest absolute Gasteiger partial charge is 0.0237 e. The predicted molar refractivity (Wildman–Crippen MR) is 99.3 cm³/mol. The third-order valence-corrected chi connectivity index (χ3v) is 4.12. The molecule has 0 bridgehead atoms. The zero-order chi connectivity index (χ0) is 15.9. The van der Waals surface area contributed by atoms with E-state index in [2.05, 4.69) is 84.3 Å². The average Bonchev–Trinajstić information content (AvgIpc) is 2.60. The summed E-state index contributed by atoms with van der Waals surface area (Å²) in [5.41, 5.74) is 2.72. The van der Waals surface area contributed by atoms with Gasteiger partial charge in [-0.25, -0.2) is 0 Å². The number of fused-ring (bicyclic) bond motifs is 1. The van der Waals surface area contributed by atoms with Crippen LogP contribution in [0, 0.1) is 0 Å². The van der Waals surface area contributed by atoms with Crippen LogP contribution in [0.4, 0.5) is 0 Å². The van der Waals surface area contributed by atoms with Crippen LogP contribution >= 0.6 is 0 Å². The lowest BCUT2D eigenvalue weighted by Gasteiger charge is -2.22. The van der Waals surface area contributed by atoms with Crippen LogP contribution in [0.3, 0.4) is 0 Å². The molecule has 0 amide bonds. The molecule has 23 heavy (non-hydrogen) atoms. The van der Waals surface area contributed by atoms with E-state index in [0.29, 0.717) is 0 Å². The van der Waals surface area contributed by atoms with Gasteiger partial charge in [0.25, 0.3) is 0 Å². The van der Waals surface area contributed by atoms with Gasteiger partial charge < -0.3 is 0 Å². The minimum Gasteiger partial charge on any atom is -0.295 e. The minimum absolute atomic E-state index is 0.966. The molecule has 0 radical (unpaired) electrons. The van der Waals surface area contributed by atoms with Gasteiger partial charge in [0.15, 0.2) is 0 Å². The van der Waals surface area contributed by atoms with E-state index in [1.807, 2.05) is 6.08 Å². The molecule has 0 fully saturated rings. The maximum atomic E-state index is 3.86. The SMILES string of the molecule is C=CCCN(Cc1ccccc1)Cc1ccc2ccccc2c1. The molecule has 1 heteroatoms. The van der Waals surface area contributed by atoms with E-state index in [4.69, 9.17) is 0 Å². The Morgan fingerprint density at radius 3 is 2.22 bits per heavy atom. The van der Waals surface area contributed by atoms with Gasteiger partial charge in [0.2, 0.25) is 0 Å². The Labute approximate surface area is 138 Å². The number of nitrogens with zero attached hydrogens (tertiary/aromatic N) is 1. The molecule has 0 aliphatic rings. The Morgan fingerprint density at radius 1 is 0.739 bits per heavy atom. The Balaban J connectivity index is 1.77. The molecule has 0 atom stereocenters. The molecule has 3 aromatic rings. The summed E-state index contributed by atoms with van der Waals surface area (Å²) in [4.78, 5) is 2.49. The van der Waals surface area contributed by atoms with Crippen LogP contribution in [-0.2, 0) is 13.1 Å². The van der Waals surface area contributed by atoms with E-state index in [1.165, 1.54) is 21.9 Å². The van der Waals surface area contributed by atoms with E-state index < -0.39 is 0 Å². The van der Waals surface area contributed by atoms with Crippen LogP contribution in [0.2, 0.25) is 0 Å². The Hall–Kier alpha value is -2.38. The van der Waals surface area contributed by atoms with Crippen LogP contribution in [-0.4, -0.2) is 11.4 Å². The highest BCUT2D eigenvalue weighted by atomic mass is 15.1. The van der Waals surface area contributed by atoms with Gasteiger partial charge in [-0.1, -0.05) is 72.8 Å². The first-order valence-corrected chi connectivity index (χ1v) is 8.20. The standard InChI is InChI=1S/C22H23N/c1-2-3-15-23(17-19-9-5-4-6-10-19)18-20-13-14-21-11-7-8-12-22(21)16-20/h2,4-14,16H,1,3,15,17-18H2. The molecule has 116 valence electrons. The summed E-state index contributed by atoms with van der Waals surface area (Å²) in [7, 11) is 0. The normalized spacial score (nSPS) is 11.0. The first-order chi connectivity index (χ1) is 11.3. The second-order valence-corrected chi connectivity index (χ2v) is 5.96. The van der Waals surface area contributed by atoms with Crippen molar-refractivity contribution in [2.45, 2.75) is 19.5 Å². The molecule has 0 spiro atoms. The summed E-state index contributed by atoms with van der Waals surface area (Å²) in [6.07, 6.45) is 3.01. The molecule has 0 saturated carbocycles. The number of rotatable bonds is 7. The maximum absolute atomic E-state index is 3.86. The summed E-state index contributed by atoms with van der Waals surface area (Å²) < 4.78 is 0. The van der Waals surface area contributed by atoms with E-state index in [-0.39, 0.29) is 0 Å². The maximum Gasteiger partial charge on any atom is 0.0237 e. The highest BCUT2D eigenvalue weighted by Gasteiger charge is 2.07. The molecule has 0 saturated heterocycles. The third kappa shape index (κ3) is 4.30. The first-order valence-electron chi connectivity index (χ1n) is 8.20. The van der Waals surface area contributed by atoms with Crippen molar-refractivity contribution in [2.24, 2.45) is 0 Å². The summed E-state index contributed by atoms with van der Waals surface area (Å²) >= 11 is 0. The number of hydrogen-bond donors (Lipinski definition) is 0. The molecule has 0 aliphatic heterocycles. The summed E-state index contributed by atoms with van der Waals surface area (Å²) in [5, 5.41) is 2.62. The monoisotopic (exact) mass is 301 g/mol. The zero-order valence-electron chi connectivity index (χ0n) is 13.5. The van der Waals surface area contributed by atoms with Gasteiger partial charge in [0.05, 0.1) is 0 Å².